The lowest BCUT2D eigenvalue weighted by molar-refractivity contribution is -0.140. The zero-order valence-corrected chi connectivity index (χ0v) is 25.4. The summed E-state index contributed by atoms with van der Waals surface area (Å²) in [6.45, 7) is -0.757. The van der Waals surface area contributed by atoms with Crippen LogP contribution in [0.1, 0.15) is 43.2 Å². The van der Waals surface area contributed by atoms with Crippen molar-refractivity contribution in [2.24, 2.45) is 0 Å². The Labute approximate surface area is 249 Å². The van der Waals surface area contributed by atoms with E-state index in [1.165, 1.54) is 11.0 Å². The van der Waals surface area contributed by atoms with Crippen LogP contribution in [0.5, 0.6) is 0 Å². The predicted octanol–water partition coefficient (Wildman–Crippen LogP) is 5.44. The molecule has 0 radical (unpaired) electrons. The number of hydrogen-bond acceptors (Lipinski definition) is 4. The molecule has 10 heteroatoms. The number of nitrogens with zero attached hydrogens (tertiary/aromatic N) is 2. The first kappa shape index (κ1) is 30.7. The van der Waals surface area contributed by atoms with Crippen molar-refractivity contribution < 1.29 is 22.4 Å². The van der Waals surface area contributed by atoms with E-state index in [4.69, 9.17) is 0 Å². The molecule has 7 nitrogen and oxygen atoms in total. The van der Waals surface area contributed by atoms with Crippen LogP contribution in [-0.2, 0) is 32.6 Å². The van der Waals surface area contributed by atoms with Crippen LogP contribution in [0.15, 0.2) is 83.3 Å². The monoisotopic (exact) mass is 643 g/mol. The van der Waals surface area contributed by atoms with Crippen molar-refractivity contribution in [1.29, 1.82) is 0 Å². The van der Waals surface area contributed by atoms with Gasteiger partial charge in [0, 0.05) is 29.0 Å². The number of anilines is 1. The SMILES string of the molecule is CS(=O)(=O)N(CC(=O)N(Cc1ccccc1F)[C@@H](Cc1ccccc1)C(=O)NC1CCCCC1)c1ccccc1Br. The van der Waals surface area contributed by atoms with Gasteiger partial charge in [-0.1, -0.05) is 79.9 Å². The van der Waals surface area contributed by atoms with Gasteiger partial charge in [-0.15, -0.1) is 0 Å². The summed E-state index contributed by atoms with van der Waals surface area (Å²) in [5.74, 6) is -1.46. The van der Waals surface area contributed by atoms with Crippen LogP contribution in [-0.4, -0.2) is 50.0 Å². The molecule has 218 valence electrons. The van der Waals surface area contributed by atoms with Crippen LogP contribution >= 0.6 is 15.9 Å². The molecule has 4 rings (SSSR count). The van der Waals surface area contributed by atoms with Gasteiger partial charge in [-0.25, -0.2) is 12.8 Å². The molecule has 2 amide bonds. The van der Waals surface area contributed by atoms with Crippen molar-refractivity contribution in [2.45, 2.75) is 57.2 Å². The topological polar surface area (TPSA) is 86.8 Å². The molecule has 41 heavy (non-hydrogen) atoms. The summed E-state index contributed by atoms with van der Waals surface area (Å²) in [6.07, 6.45) is 6.08. The molecule has 0 unspecified atom stereocenters. The highest BCUT2D eigenvalue weighted by molar-refractivity contribution is 9.10. The Morgan fingerprint density at radius 3 is 2.24 bits per heavy atom. The van der Waals surface area contributed by atoms with E-state index in [1.54, 1.807) is 42.5 Å². The fourth-order valence-electron chi connectivity index (χ4n) is 5.16. The van der Waals surface area contributed by atoms with Crippen molar-refractivity contribution in [3.8, 4) is 0 Å². The molecule has 0 saturated heterocycles. The lowest BCUT2D eigenvalue weighted by Crippen LogP contribution is -2.55. The molecule has 1 fully saturated rings. The van der Waals surface area contributed by atoms with Crippen molar-refractivity contribution in [3.05, 3.63) is 100 Å². The van der Waals surface area contributed by atoms with Crippen molar-refractivity contribution in [2.75, 3.05) is 17.1 Å². The average molecular weight is 645 g/mol. The lowest BCUT2D eigenvalue weighted by Gasteiger charge is -2.35. The number of para-hydroxylation sites is 1. The smallest absolute Gasteiger partial charge is 0.244 e. The summed E-state index contributed by atoms with van der Waals surface area (Å²) in [5, 5.41) is 3.13. The minimum atomic E-state index is -3.90. The van der Waals surface area contributed by atoms with Gasteiger partial charge in [0.1, 0.15) is 18.4 Å². The number of hydrogen-bond donors (Lipinski definition) is 1. The van der Waals surface area contributed by atoms with Gasteiger partial charge >= 0.3 is 0 Å². The Balaban J connectivity index is 1.74. The maximum Gasteiger partial charge on any atom is 0.244 e. The summed E-state index contributed by atoms with van der Waals surface area (Å²) >= 11 is 3.39. The highest BCUT2D eigenvalue weighted by Crippen LogP contribution is 2.28. The normalized spacial score (nSPS) is 14.7. The summed E-state index contributed by atoms with van der Waals surface area (Å²) in [7, 11) is -3.90. The third-order valence-electron chi connectivity index (χ3n) is 7.32. The molecule has 3 aromatic rings. The molecule has 0 bridgehead atoms. The second kappa shape index (κ2) is 14.1. The van der Waals surface area contributed by atoms with E-state index >= 15 is 0 Å². The Hall–Kier alpha value is -3.24. The lowest BCUT2D eigenvalue weighted by atomic mass is 9.94. The average Bonchev–Trinajstić information content (AvgIpc) is 2.95. The molecule has 1 N–H and O–H groups in total. The van der Waals surface area contributed by atoms with Gasteiger partial charge in [0.05, 0.1) is 11.9 Å². The third-order valence-corrected chi connectivity index (χ3v) is 9.12. The Morgan fingerprint density at radius 1 is 0.951 bits per heavy atom. The first-order valence-electron chi connectivity index (χ1n) is 13.7. The highest BCUT2D eigenvalue weighted by Gasteiger charge is 2.34. The Bertz CT molecular complexity index is 1450. The Morgan fingerprint density at radius 2 is 1.59 bits per heavy atom. The van der Waals surface area contributed by atoms with Gasteiger partial charge in [-0.3, -0.25) is 13.9 Å². The molecule has 1 aliphatic carbocycles. The number of sulfonamides is 1. The van der Waals surface area contributed by atoms with Gasteiger partial charge in [0.2, 0.25) is 21.8 Å². The molecular formula is C31H35BrFN3O4S. The third kappa shape index (κ3) is 8.39. The number of rotatable bonds is 11. The van der Waals surface area contributed by atoms with E-state index < -0.39 is 34.3 Å². The number of amides is 2. The van der Waals surface area contributed by atoms with Crippen molar-refractivity contribution >= 4 is 43.5 Å². The van der Waals surface area contributed by atoms with Gasteiger partial charge in [-0.05, 0) is 52.5 Å². The van der Waals surface area contributed by atoms with Crippen molar-refractivity contribution in [1.82, 2.24) is 10.2 Å². The van der Waals surface area contributed by atoms with Crippen molar-refractivity contribution in [3.63, 3.8) is 0 Å². The zero-order valence-electron chi connectivity index (χ0n) is 23.0. The molecule has 0 spiro atoms. The highest BCUT2D eigenvalue weighted by atomic mass is 79.9. The van der Waals surface area contributed by atoms with Gasteiger partial charge in [0.15, 0.2) is 0 Å². The van der Waals surface area contributed by atoms with E-state index in [-0.39, 0.29) is 30.5 Å². The molecule has 1 atom stereocenters. The minimum Gasteiger partial charge on any atom is -0.352 e. The molecule has 0 heterocycles. The standard InChI is InChI=1S/C31H35BrFN3O4S/c1-41(39,40)36(28-19-11-9-17-26(28)32)22-30(37)35(21-24-14-8-10-18-27(24)33)29(20-23-12-4-2-5-13-23)31(38)34-25-15-6-3-7-16-25/h2,4-5,8-14,17-19,25,29H,3,6-7,15-16,20-22H2,1H3,(H,34,38)/t29-/m0/s1. The van der Waals surface area contributed by atoms with Crippen LogP contribution in [0.4, 0.5) is 10.1 Å². The van der Waals surface area contributed by atoms with E-state index in [0.29, 0.717) is 10.2 Å². The molecule has 1 aliphatic rings. The fourth-order valence-corrected chi connectivity index (χ4v) is 6.63. The minimum absolute atomic E-state index is 0.00673. The van der Waals surface area contributed by atoms with E-state index in [9.17, 15) is 22.4 Å². The summed E-state index contributed by atoms with van der Waals surface area (Å²) in [4.78, 5) is 29.4. The molecule has 0 aliphatic heterocycles. The number of benzene rings is 3. The first-order chi connectivity index (χ1) is 19.6. The molecule has 0 aromatic heterocycles. The molecule has 1 saturated carbocycles. The maximum atomic E-state index is 14.9. The number of halogens is 2. The second-order valence-electron chi connectivity index (χ2n) is 10.4. The van der Waals surface area contributed by atoms with Crippen LogP contribution in [0.3, 0.4) is 0 Å². The predicted molar refractivity (Wildman–Crippen MR) is 162 cm³/mol. The number of carbonyl (C=O) groups is 2. The van der Waals surface area contributed by atoms with E-state index in [2.05, 4.69) is 21.2 Å². The second-order valence-corrected chi connectivity index (χ2v) is 13.1. The maximum absolute atomic E-state index is 14.9. The van der Waals surface area contributed by atoms with Crippen LogP contribution in [0, 0.1) is 5.82 Å². The first-order valence-corrected chi connectivity index (χ1v) is 16.4. The van der Waals surface area contributed by atoms with E-state index in [1.807, 2.05) is 30.3 Å². The number of nitrogens with one attached hydrogen (secondary N) is 1. The summed E-state index contributed by atoms with van der Waals surface area (Å²) < 4.78 is 42.2. The van der Waals surface area contributed by atoms with Crippen LogP contribution in [0.2, 0.25) is 0 Å². The fraction of sp³-hybridized carbons (Fsp3) is 0.355. The van der Waals surface area contributed by atoms with Gasteiger partial charge in [0.25, 0.3) is 0 Å². The molecule has 3 aromatic carbocycles. The van der Waals surface area contributed by atoms with Gasteiger partial charge < -0.3 is 10.2 Å². The zero-order chi connectivity index (χ0) is 29.4. The summed E-state index contributed by atoms with van der Waals surface area (Å²) in [6, 6.07) is 21.1. The van der Waals surface area contributed by atoms with Gasteiger partial charge in [-0.2, -0.15) is 0 Å². The Kier molecular flexibility index (Phi) is 10.6. The van der Waals surface area contributed by atoms with E-state index in [0.717, 1.165) is 48.2 Å². The van der Waals surface area contributed by atoms with Crippen LogP contribution in [0.25, 0.3) is 0 Å². The largest absolute Gasteiger partial charge is 0.352 e. The summed E-state index contributed by atoms with van der Waals surface area (Å²) in [5.41, 5.74) is 1.35. The number of carbonyl (C=O) groups excluding carboxylic acids is 2. The van der Waals surface area contributed by atoms with Crippen LogP contribution < -0.4 is 9.62 Å². The molecular weight excluding hydrogens is 609 g/mol. The quantitative estimate of drug-likeness (QED) is 0.301.